The zero-order chi connectivity index (χ0) is 9.42. The predicted molar refractivity (Wildman–Crippen MR) is 71.6 cm³/mol. The number of halogens is 2. The molecule has 2 aromatic rings. The summed E-state index contributed by atoms with van der Waals surface area (Å²) in [4.78, 5) is 0. The second-order valence-corrected chi connectivity index (χ2v) is 6.29. The first-order valence-corrected chi connectivity index (χ1v) is 6.76. The molecule has 13 heavy (non-hydrogen) atoms. The largest absolute Gasteiger partial charge is 0.398 e. The minimum absolute atomic E-state index is 0.861. The highest BCUT2D eigenvalue weighted by molar-refractivity contribution is 14.1. The Kier molecular flexibility index (Phi) is 2.80. The molecule has 4 heteroatoms. The van der Waals surface area contributed by atoms with Gasteiger partial charge in [-0.2, -0.15) is 0 Å². The van der Waals surface area contributed by atoms with Gasteiger partial charge in [0.2, 0.25) is 0 Å². The highest BCUT2D eigenvalue weighted by Crippen LogP contribution is 2.32. The molecule has 1 nitrogen and oxygen atoms in total. The second-order valence-electron chi connectivity index (χ2n) is 2.79. The Morgan fingerprint density at radius 3 is 2.85 bits per heavy atom. The van der Waals surface area contributed by atoms with E-state index in [1.807, 2.05) is 6.07 Å². The number of nitrogens with two attached hydrogens (primary N) is 1. The van der Waals surface area contributed by atoms with Gasteiger partial charge in [-0.3, -0.25) is 0 Å². The fourth-order valence-corrected chi connectivity index (χ4v) is 3.40. The van der Waals surface area contributed by atoms with Crippen LogP contribution in [0.4, 0.5) is 5.69 Å². The SMILES string of the molecule is Nc1cc(CBr)cc2cc(I)sc12. The molecule has 2 rings (SSSR count). The van der Waals surface area contributed by atoms with Crippen LogP contribution in [0.3, 0.4) is 0 Å². The maximum absolute atomic E-state index is 5.93. The van der Waals surface area contributed by atoms with Gasteiger partial charge in [-0.15, -0.1) is 11.3 Å². The average Bonchev–Trinajstić information content (AvgIpc) is 2.46. The third-order valence-corrected chi connectivity index (χ3v) is 4.44. The van der Waals surface area contributed by atoms with Crippen LogP contribution < -0.4 is 5.73 Å². The molecule has 0 saturated carbocycles. The zero-order valence-electron chi connectivity index (χ0n) is 6.68. The lowest BCUT2D eigenvalue weighted by molar-refractivity contribution is 1.47. The zero-order valence-corrected chi connectivity index (χ0v) is 11.2. The van der Waals surface area contributed by atoms with Crippen LogP contribution in [-0.2, 0) is 5.33 Å². The lowest BCUT2D eigenvalue weighted by atomic mass is 10.2. The van der Waals surface area contributed by atoms with E-state index in [0.717, 1.165) is 11.0 Å². The van der Waals surface area contributed by atoms with Gasteiger partial charge in [0.05, 0.1) is 7.58 Å². The van der Waals surface area contributed by atoms with E-state index in [1.165, 1.54) is 18.5 Å². The molecule has 0 unspecified atom stereocenters. The summed E-state index contributed by atoms with van der Waals surface area (Å²) in [5, 5.41) is 2.11. The number of alkyl halides is 1. The first kappa shape index (κ1) is 9.73. The van der Waals surface area contributed by atoms with E-state index < -0.39 is 0 Å². The van der Waals surface area contributed by atoms with Crippen molar-refractivity contribution in [2.75, 3.05) is 5.73 Å². The number of nitrogen functional groups attached to an aromatic ring is 1. The average molecular weight is 368 g/mol. The van der Waals surface area contributed by atoms with Crippen molar-refractivity contribution in [1.82, 2.24) is 0 Å². The van der Waals surface area contributed by atoms with E-state index in [0.29, 0.717) is 0 Å². The lowest BCUT2D eigenvalue weighted by Crippen LogP contribution is -1.86. The van der Waals surface area contributed by atoms with E-state index in [4.69, 9.17) is 5.73 Å². The molecule has 0 spiro atoms. The van der Waals surface area contributed by atoms with Gasteiger partial charge in [-0.1, -0.05) is 15.9 Å². The van der Waals surface area contributed by atoms with Crippen LogP contribution in [0.15, 0.2) is 18.2 Å². The molecular formula is C9H7BrINS. The first-order chi connectivity index (χ1) is 6.20. The molecule has 0 fully saturated rings. The maximum Gasteiger partial charge on any atom is 0.0666 e. The van der Waals surface area contributed by atoms with Crippen molar-refractivity contribution in [3.8, 4) is 0 Å². The smallest absolute Gasteiger partial charge is 0.0666 e. The van der Waals surface area contributed by atoms with Gasteiger partial charge in [0, 0.05) is 11.0 Å². The maximum atomic E-state index is 5.93. The van der Waals surface area contributed by atoms with Gasteiger partial charge < -0.3 is 5.73 Å². The van der Waals surface area contributed by atoms with Crippen LogP contribution in [0, 0.1) is 2.88 Å². The quantitative estimate of drug-likeness (QED) is 0.460. The topological polar surface area (TPSA) is 26.0 Å². The standard InChI is InChI=1S/C9H7BrINS/c10-4-5-1-6-3-8(11)13-9(6)7(12)2-5/h1-3H,4,12H2. The monoisotopic (exact) mass is 367 g/mol. The minimum atomic E-state index is 0.861. The van der Waals surface area contributed by atoms with Crippen molar-refractivity contribution in [3.05, 3.63) is 26.6 Å². The fraction of sp³-hybridized carbons (Fsp3) is 0.111. The van der Waals surface area contributed by atoms with Gasteiger partial charge >= 0.3 is 0 Å². The molecule has 0 aliphatic carbocycles. The van der Waals surface area contributed by atoms with Gasteiger partial charge in [0.1, 0.15) is 0 Å². The summed E-state index contributed by atoms with van der Waals surface area (Å²) >= 11 is 7.50. The summed E-state index contributed by atoms with van der Waals surface area (Å²) in [5.74, 6) is 0. The number of fused-ring (bicyclic) bond motifs is 1. The third kappa shape index (κ3) is 1.85. The van der Waals surface area contributed by atoms with Crippen LogP contribution >= 0.6 is 49.9 Å². The Balaban J connectivity index is 2.75. The second kappa shape index (κ2) is 3.74. The van der Waals surface area contributed by atoms with Crippen LogP contribution in [-0.4, -0.2) is 0 Å². The molecule has 1 heterocycles. The normalized spacial score (nSPS) is 10.9. The van der Waals surface area contributed by atoms with Gasteiger partial charge in [-0.05, 0) is 51.7 Å². The third-order valence-electron chi connectivity index (χ3n) is 1.83. The van der Waals surface area contributed by atoms with Crippen molar-refractivity contribution in [1.29, 1.82) is 0 Å². The van der Waals surface area contributed by atoms with E-state index >= 15 is 0 Å². The van der Waals surface area contributed by atoms with Crippen molar-refractivity contribution in [3.63, 3.8) is 0 Å². The summed E-state index contributed by atoms with van der Waals surface area (Å²) in [5.41, 5.74) is 8.06. The molecule has 0 amide bonds. The van der Waals surface area contributed by atoms with Crippen molar-refractivity contribution >= 4 is 65.6 Å². The van der Waals surface area contributed by atoms with E-state index in [9.17, 15) is 0 Å². The lowest BCUT2D eigenvalue weighted by Gasteiger charge is -1.99. The van der Waals surface area contributed by atoms with Crippen LogP contribution in [0.1, 0.15) is 5.56 Å². The fourth-order valence-electron chi connectivity index (χ4n) is 1.29. The summed E-state index contributed by atoms with van der Waals surface area (Å²) in [6, 6.07) is 6.38. The molecular weight excluding hydrogens is 361 g/mol. The Labute approximate surface area is 103 Å². The van der Waals surface area contributed by atoms with Crippen LogP contribution in [0.25, 0.3) is 10.1 Å². The van der Waals surface area contributed by atoms with E-state index in [1.54, 1.807) is 11.3 Å². The summed E-state index contributed by atoms with van der Waals surface area (Å²) in [7, 11) is 0. The molecule has 1 aromatic carbocycles. The van der Waals surface area contributed by atoms with E-state index in [2.05, 4.69) is 50.7 Å². The molecule has 0 bridgehead atoms. The van der Waals surface area contributed by atoms with Gasteiger partial charge in [-0.25, -0.2) is 0 Å². The van der Waals surface area contributed by atoms with Crippen LogP contribution in [0.5, 0.6) is 0 Å². The first-order valence-electron chi connectivity index (χ1n) is 3.74. The molecule has 68 valence electrons. The summed E-state index contributed by atoms with van der Waals surface area (Å²) in [6.07, 6.45) is 0. The number of hydrogen-bond acceptors (Lipinski definition) is 2. The highest BCUT2D eigenvalue weighted by Gasteiger charge is 2.04. The van der Waals surface area contributed by atoms with Gasteiger partial charge in [0.25, 0.3) is 0 Å². The highest BCUT2D eigenvalue weighted by atomic mass is 127. The molecule has 0 aliphatic heterocycles. The van der Waals surface area contributed by atoms with Gasteiger partial charge in [0.15, 0.2) is 0 Å². The van der Waals surface area contributed by atoms with Crippen molar-refractivity contribution in [2.24, 2.45) is 0 Å². The molecule has 2 N–H and O–H groups in total. The summed E-state index contributed by atoms with van der Waals surface area (Å²) in [6.45, 7) is 0. The van der Waals surface area contributed by atoms with Crippen LogP contribution in [0.2, 0.25) is 0 Å². The Morgan fingerprint density at radius 1 is 1.38 bits per heavy atom. The number of thiophene rings is 1. The molecule has 0 radical (unpaired) electrons. The number of benzene rings is 1. The molecule has 0 saturated heterocycles. The number of hydrogen-bond donors (Lipinski definition) is 1. The summed E-state index contributed by atoms with van der Waals surface area (Å²) < 4.78 is 2.49. The molecule has 0 aliphatic rings. The Bertz CT molecular complexity index is 452. The van der Waals surface area contributed by atoms with Crippen molar-refractivity contribution < 1.29 is 0 Å². The Morgan fingerprint density at radius 2 is 2.15 bits per heavy atom. The molecule has 1 aromatic heterocycles. The number of rotatable bonds is 1. The van der Waals surface area contributed by atoms with Crippen molar-refractivity contribution in [2.45, 2.75) is 5.33 Å². The molecule has 0 atom stereocenters. The van der Waals surface area contributed by atoms with E-state index in [-0.39, 0.29) is 0 Å². The minimum Gasteiger partial charge on any atom is -0.398 e. The predicted octanol–water partition coefficient (Wildman–Crippen LogP) is 3.98. The Hall–Kier alpha value is 0.190. The number of anilines is 1.